The summed E-state index contributed by atoms with van der Waals surface area (Å²) in [6.45, 7) is 5.92. The van der Waals surface area contributed by atoms with Crippen LogP contribution in [0.3, 0.4) is 0 Å². The van der Waals surface area contributed by atoms with Crippen LogP contribution in [-0.2, 0) is 6.54 Å². The summed E-state index contributed by atoms with van der Waals surface area (Å²) in [6.07, 6.45) is -0.588. The maximum absolute atomic E-state index is 11.3. The highest BCUT2D eigenvalue weighted by atomic mass is 16.6. The van der Waals surface area contributed by atoms with Crippen LogP contribution in [0.15, 0.2) is 84.9 Å². The third kappa shape index (κ3) is 5.45. The topological polar surface area (TPSA) is 153 Å². The molecule has 2 N–H and O–H groups in total. The number of benzene rings is 4. The van der Waals surface area contributed by atoms with Crippen LogP contribution in [0.25, 0.3) is 44.8 Å². The minimum Gasteiger partial charge on any atom is -0.392 e. The minimum absolute atomic E-state index is 0.00676. The van der Waals surface area contributed by atoms with Crippen molar-refractivity contribution in [1.82, 2.24) is 19.5 Å². The van der Waals surface area contributed by atoms with Gasteiger partial charge in [0.15, 0.2) is 0 Å². The van der Waals surface area contributed by atoms with Crippen molar-refractivity contribution in [1.29, 1.82) is 0 Å². The number of aliphatic hydroxyl groups is 1. The Kier molecular flexibility index (Phi) is 7.76. The van der Waals surface area contributed by atoms with Crippen molar-refractivity contribution in [3.63, 3.8) is 0 Å². The Labute approximate surface area is 240 Å². The molecule has 6 aromatic rings. The van der Waals surface area contributed by atoms with Gasteiger partial charge in [-0.2, -0.15) is 0 Å². The van der Waals surface area contributed by atoms with Crippen LogP contribution in [-0.4, -0.2) is 40.6 Å². The Hall–Kier alpha value is -5.42. The van der Waals surface area contributed by atoms with E-state index in [0.29, 0.717) is 29.3 Å². The Morgan fingerprint density at radius 3 is 1.98 bits per heavy atom. The first-order valence-corrected chi connectivity index (χ1v) is 13.2. The number of aryl methyl sites for hydroxylation is 2. The van der Waals surface area contributed by atoms with Crippen molar-refractivity contribution in [3.8, 4) is 22.8 Å². The van der Waals surface area contributed by atoms with Crippen molar-refractivity contribution in [3.05, 3.63) is 116 Å². The maximum atomic E-state index is 11.3. The molecule has 212 valence electrons. The predicted octanol–water partition coefficient (Wildman–Crippen LogP) is 6.75. The van der Waals surface area contributed by atoms with Gasteiger partial charge < -0.3 is 14.7 Å². The Morgan fingerprint density at radius 1 is 0.786 bits per heavy atom. The summed E-state index contributed by atoms with van der Waals surface area (Å²) in [5.41, 5.74) is 6.43. The number of aromatic nitrogens is 4. The van der Waals surface area contributed by atoms with Gasteiger partial charge in [-0.3, -0.25) is 20.2 Å². The van der Waals surface area contributed by atoms with E-state index in [4.69, 9.17) is 0 Å². The molecule has 11 heteroatoms. The van der Waals surface area contributed by atoms with Gasteiger partial charge in [0.2, 0.25) is 0 Å². The molecular weight excluding hydrogens is 536 g/mol. The number of imidazole rings is 2. The first-order valence-electron chi connectivity index (χ1n) is 13.2. The van der Waals surface area contributed by atoms with Gasteiger partial charge in [-0.05, 0) is 56.2 Å². The first kappa shape index (κ1) is 28.1. The maximum Gasteiger partial charge on any atom is 0.280 e. The zero-order valence-electron chi connectivity index (χ0n) is 23.2. The number of aliphatic hydroxyl groups excluding tert-OH is 1. The summed E-state index contributed by atoms with van der Waals surface area (Å²) in [4.78, 5) is 33.8. The zero-order valence-corrected chi connectivity index (χ0v) is 23.2. The zero-order chi connectivity index (χ0) is 30.0. The molecule has 2 aromatic heterocycles. The lowest BCUT2D eigenvalue weighted by atomic mass is 10.1. The van der Waals surface area contributed by atoms with Gasteiger partial charge in [-0.15, -0.1) is 0 Å². The average molecular weight is 565 g/mol. The molecule has 42 heavy (non-hydrogen) atoms. The van der Waals surface area contributed by atoms with Gasteiger partial charge in [0, 0.05) is 12.1 Å². The third-order valence-electron chi connectivity index (χ3n) is 6.84. The van der Waals surface area contributed by atoms with E-state index in [-0.39, 0.29) is 11.4 Å². The number of para-hydroxylation sites is 4. The molecule has 0 aliphatic carbocycles. The number of aromatic amines is 1. The molecular formula is C31H28N6O5. The fourth-order valence-corrected chi connectivity index (χ4v) is 4.90. The van der Waals surface area contributed by atoms with Gasteiger partial charge in [0.25, 0.3) is 11.4 Å². The van der Waals surface area contributed by atoms with Crippen molar-refractivity contribution < 1.29 is 15.0 Å². The minimum atomic E-state index is -0.588. The van der Waals surface area contributed by atoms with Crippen molar-refractivity contribution >= 4 is 33.4 Å². The molecule has 2 heterocycles. The van der Waals surface area contributed by atoms with Crippen molar-refractivity contribution in [2.75, 3.05) is 0 Å². The van der Waals surface area contributed by atoms with Crippen molar-refractivity contribution in [2.45, 2.75) is 33.4 Å². The van der Waals surface area contributed by atoms with Gasteiger partial charge in [-0.25, -0.2) is 9.97 Å². The second kappa shape index (κ2) is 11.6. The molecule has 0 aliphatic rings. The molecule has 0 spiro atoms. The second-order valence-electron chi connectivity index (χ2n) is 9.94. The normalized spacial score (nSPS) is 11.7. The molecule has 4 aromatic carbocycles. The van der Waals surface area contributed by atoms with Crippen LogP contribution in [0.2, 0.25) is 0 Å². The summed E-state index contributed by atoms with van der Waals surface area (Å²) in [7, 11) is 0. The van der Waals surface area contributed by atoms with E-state index in [9.17, 15) is 25.3 Å². The monoisotopic (exact) mass is 564 g/mol. The molecule has 0 aliphatic heterocycles. The third-order valence-corrected chi connectivity index (χ3v) is 6.84. The number of nitrogens with one attached hydrogen (secondary N) is 1. The van der Waals surface area contributed by atoms with Crippen LogP contribution < -0.4 is 0 Å². The summed E-state index contributed by atoms with van der Waals surface area (Å²) in [6, 6.07) is 24.7. The lowest BCUT2D eigenvalue weighted by Gasteiger charge is -2.11. The number of nitro groups is 2. The summed E-state index contributed by atoms with van der Waals surface area (Å²) >= 11 is 0. The van der Waals surface area contributed by atoms with E-state index in [2.05, 4.69) is 15.0 Å². The van der Waals surface area contributed by atoms with Crippen LogP contribution in [0.5, 0.6) is 0 Å². The van der Waals surface area contributed by atoms with Crippen molar-refractivity contribution in [2.24, 2.45) is 0 Å². The summed E-state index contributed by atoms with van der Waals surface area (Å²) < 4.78 is 1.84. The molecule has 6 rings (SSSR count). The molecule has 11 nitrogen and oxygen atoms in total. The van der Waals surface area contributed by atoms with E-state index in [1.54, 1.807) is 43.3 Å². The molecule has 0 radical (unpaired) electrons. The number of hydrogen-bond donors (Lipinski definition) is 2. The quantitative estimate of drug-likeness (QED) is 0.168. The van der Waals surface area contributed by atoms with E-state index < -0.39 is 16.0 Å². The molecule has 1 unspecified atom stereocenters. The van der Waals surface area contributed by atoms with Crippen LogP contribution in [0.1, 0.15) is 18.1 Å². The fraction of sp³-hybridized carbons (Fsp3) is 0.161. The highest BCUT2D eigenvalue weighted by molar-refractivity contribution is 5.85. The Bertz CT molecular complexity index is 1940. The van der Waals surface area contributed by atoms with Gasteiger partial charge in [0.1, 0.15) is 11.6 Å². The Morgan fingerprint density at radius 2 is 1.36 bits per heavy atom. The average Bonchev–Trinajstić information content (AvgIpc) is 3.57. The molecule has 0 saturated carbocycles. The lowest BCUT2D eigenvalue weighted by Crippen LogP contribution is -2.13. The number of hydrogen-bond acceptors (Lipinski definition) is 7. The predicted molar refractivity (Wildman–Crippen MR) is 161 cm³/mol. The van der Waals surface area contributed by atoms with Gasteiger partial charge in [0.05, 0.1) is 55.7 Å². The summed E-state index contributed by atoms with van der Waals surface area (Å²) in [5, 5.41) is 32.2. The number of H-pyrrole nitrogens is 1. The number of nitro benzene ring substituents is 2. The van der Waals surface area contributed by atoms with Gasteiger partial charge >= 0.3 is 0 Å². The molecule has 0 fully saturated rings. The molecule has 0 amide bonds. The van der Waals surface area contributed by atoms with Crippen LogP contribution in [0.4, 0.5) is 11.4 Å². The van der Waals surface area contributed by atoms with Crippen LogP contribution in [0, 0.1) is 34.1 Å². The standard InChI is InChI=1S/C17H17N3O3.C14H11N3O2/c1-11-6-5-9-15-16(11)18-17(19(15)10-12(2)21)13-7-3-4-8-14(13)20(22)23;1-9-5-4-7-11-13(9)16-14(15-11)10-6-2-3-8-12(10)17(18)19/h3-9,12,21H,10H2,1-2H3;2-8H,1H3,(H,15,16). The summed E-state index contributed by atoms with van der Waals surface area (Å²) in [5.74, 6) is 1.03. The number of rotatable bonds is 6. The fourth-order valence-electron chi connectivity index (χ4n) is 4.90. The molecule has 0 bridgehead atoms. The van der Waals surface area contributed by atoms with E-state index in [0.717, 1.165) is 33.2 Å². The van der Waals surface area contributed by atoms with Gasteiger partial charge in [-0.1, -0.05) is 48.5 Å². The van der Waals surface area contributed by atoms with E-state index >= 15 is 0 Å². The second-order valence-corrected chi connectivity index (χ2v) is 9.94. The highest BCUT2D eigenvalue weighted by Crippen LogP contribution is 2.33. The lowest BCUT2D eigenvalue weighted by molar-refractivity contribution is -0.384. The SMILES string of the molecule is Cc1cccc2[nH]c(-c3ccccc3[N+](=O)[O-])nc12.Cc1cccc2c1nc(-c1ccccc1[N+](=O)[O-])n2CC(C)O. The van der Waals surface area contributed by atoms with Crippen LogP contribution >= 0.6 is 0 Å². The van der Waals surface area contributed by atoms with E-state index in [1.165, 1.54) is 12.1 Å². The van der Waals surface area contributed by atoms with E-state index in [1.807, 2.05) is 54.8 Å². The smallest absolute Gasteiger partial charge is 0.280 e. The molecule has 1 atom stereocenters. The largest absolute Gasteiger partial charge is 0.392 e. The number of nitrogens with zero attached hydrogens (tertiary/aromatic N) is 5. The highest BCUT2D eigenvalue weighted by Gasteiger charge is 2.22. The Balaban J connectivity index is 0.000000171. The first-order chi connectivity index (χ1) is 20.2. The molecule has 0 saturated heterocycles. The number of fused-ring (bicyclic) bond motifs is 2.